The number of benzene rings is 1. The van der Waals surface area contributed by atoms with Crippen molar-refractivity contribution in [2.45, 2.75) is 26.2 Å². The lowest BCUT2D eigenvalue weighted by Gasteiger charge is -2.12. The maximum Gasteiger partial charge on any atom is 0.305 e. The van der Waals surface area contributed by atoms with E-state index in [9.17, 15) is 4.79 Å². The van der Waals surface area contributed by atoms with Crippen molar-refractivity contribution in [3.63, 3.8) is 0 Å². The summed E-state index contributed by atoms with van der Waals surface area (Å²) in [5, 5.41) is 6.43. The van der Waals surface area contributed by atoms with Crippen LogP contribution in [0.25, 0.3) is 0 Å². The molecule has 1 aromatic carbocycles. The number of hydrogen-bond donors (Lipinski definition) is 2. The standard InChI is InChI=1S/C17H25N3O4.HI/c1-3-22-16(21)5-4-9-19-17(18-2)20-10-8-13-6-7-14-15(11-13)24-12-23-14;/h6-7,11H,3-5,8-10,12H2,1-2H3,(H2,18,19,20);1H. The molecule has 0 radical (unpaired) electrons. The van der Waals surface area contributed by atoms with E-state index in [0.717, 1.165) is 30.4 Å². The highest BCUT2D eigenvalue weighted by molar-refractivity contribution is 14.0. The number of carbonyl (C=O) groups is 1. The van der Waals surface area contributed by atoms with Gasteiger partial charge in [0.2, 0.25) is 6.79 Å². The molecule has 1 aromatic rings. The molecule has 0 spiro atoms. The Labute approximate surface area is 165 Å². The number of aliphatic imine (C=N–C) groups is 1. The third-order valence-electron chi connectivity index (χ3n) is 3.52. The highest BCUT2D eigenvalue weighted by Crippen LogP contribution is 2.32. The zero-order valence-corrected chi connectivity index (χ0v) is 17.0. The molecular weight excluding hydrogens is 437 g/mol. The topological polar surface area (TPSA) is 81.2 Å². The van der Waals surface area contributed by atoms with E-state index in [1.54, 1.807) is 7.05 Å². The fourth-order valence-electron chi connectivity index (χ4n) is 2.31. The van der Waals surface area contributed by atoms with Crippen molar-refractivity contribution in [2.75, 3.05) is 33.5 Å². The Morgan fingerprint density at radius 1 is 1.24 bits per heavy atom. The number of guanidine groups is 1. The molecule has 0 fully saturated rings. The van der Waals surface area contributed by atoms with Crippen LogP contribution in [0, 0.1) is 0 Å². The quantitative estimate of drug-likeness (QED) is 0.202. The molecule has 1 aliphatic heterocycles. The average Bonchev–Trinajstić information content (AvgIpc) is 3.05. The number of ether oxygens (including phenoxy) is 3. The smallest absolute Gasteiger partial charge is 0.305 e. The molecule has 25 heavy (non-hydrogen) atoms. The van der Waals surface area contributed by atoms with Crippen LogP contribution in [-0.4, -0.2) is 45.5 Å². The van der Waals surface area contributed by atoms with E-state index >= 15 is 0 Å². The van der Waals surface area contributed by atoms with Crippen LogP contribution in [0.3, 0.4) is 0 Å². The van der Waals surface area contributed by atoms with E-state index in [2.05, 4.69) is 15.6 Å². The molecule has 1 aliphatic rings. The number of halogens is 1. The van der Waals surface area contributed by atoms with Crippen LogP contribution in [0.1, 0.15) is 25.3 Å². The number of rotatable bonds is 8. The molecule has 0 saturated heterocycles. The Morgan fingerprint density at radius 3 is 2.76 bits per heavy atom. The van der Waals surface area contributed by atoms with Crippen molar-refractivity contribution in [3.8, 4) is 11.5 Å². The zero-order chi connectivity index (χ0) is 17.2. The number of esters is 1. The first-order valence-electron chi connectivity index (χ1n) is 8.21. The first-order chi connectivity index (χ1) is 11.7. The van der Waals surface area contributed by atoms with Crippen LogP contribution in [0.5, 0.6) is 11.5 Å². The molecule has 0 amide bonds. The fourth-order valence-corrected chi connectivity index (χ4v) is 2.31. The third kappa shape index (κ3) is 7.37. The van der Waals surface area contributed by atoms with Crippen molar-refractivity contribution in [1.82, 2.24) is 10.6 Å². The first-order valence-corrected chi connectivity index (χ1v) is 8.21. The van der Waals surface area contributed by atoms with E-state index in [0.29, 0.717) is 32.8 Å². The summed E-state index contributed by atoms with van der Waals surface area (Å²) in [7, 11) is 1.72. The lowest BCUT2D eigenvalue weighted by Crippen LogP contribution is -2.38. The van der Waals surface area contributed by atoms with Crippen LogP contribution in [0.15, 0.2) is 23.2 Å². The second-order valence-electron chi connectivity index (χ2n) is 5.27. The summed E-state index contributed by atoms with van der Waals surface area (Å²) in [5.74, 6) is 2.16. The van der Waals surface area contributed by atoms with Gasteiger partial charge in [0, 0.05) is 26.6 Å². The van der Waals surface area contributed by atoms with Crippen LogP contribution < -0.4 is 20.1 Å². The fraction of sp³-hybridized carbons (Fsp3) is 0.529. The second kappa shape index (κ2) is 11.8. The molecule has 0 aromatic heterocycles. The van der Waals surface area contributed by atoms with E-state index in [4.69, 9.17) is 14.2 Å². The maximum atomic E-state index is 11.3. The molecule has 0 bridgehead atoms. The van der Waals surface area contributed by atoms with E-state index in [-0.39, 0.29) is 29.9 Å². The van der Waals surface area contributed by atoms with Gasteiger partial charge in [0.25, 0.3) is 0 Å². The third-order valence-corrected chi connectivity index (χ3v) is 3.52. The van der Waals surface area contributed by atoms with Crippen LogP contribution in [0.4, 0.5) is 0 Å². The minimum Gasteiger partial charge on any atom is -0.466 e. The van der Waals surface area contributed by atoms with Crippen molar-refractivity contribution < 1.29 is 19.0 Å². The van der Waals surface area contributed by atoms with Gasteiger partial charge in [-0.1, -0.05) is 6.07 Å². The summed E-state index contributed by atoms with van der Waals surface area (Å²) in [6.45, 7) is 3.94. The molecule has 8 heteroatoms. The molecule has 1 heterocycles. The van der Waals surface area contributed by atoms with Gasteiger partial charge < -0.3 is 24.8 Å². The number of nitrogens with zero attached hydrogens (tertiary/aromatic N) is 1. The van der Waals surface area contributed by atoms with Crippen molar-refractivity contribution in [3.05, 3.63) is 23.8 Å². The van der Waals surface area contributed by atoms with E-state index in [1.807, 2.05) is 25.1 Å². The molecule has 7 nitrogen and oxygen atoms in total. The predicted molar refractivity (Wildman–Crippen MR) is 107 cm³/mol. The van der Waals surface area contributed by atoms with Crippen molar-refractivity contribution >= 4 is 35.9 Å². The van der Waals surface area contributed by atoms with Gasteiger partial charge in [0.1, 0.15) is 0 Å². The summed E-state index contributed by atoms with van der Waals surface area (Å²) in [5.41, 5.74) is 1.17. The summed E-state index contributed by atoms with van der Waals surface area (Å²) >= 11 is 0. The molecule has 0 atom stereocenters. The van der Waals surface area contributed by atoms with E-state index < -0.39 is 0 Å². The number of nitrogens with one attached hydrogen (secondary N) is 2. The SMILES string of the molecule is CCOC(=O)CCCNC(=NC)NCCc1ccc2c(c1)OCO2.I. The average molecular weight is 463 g/mol. The summed E-state index contributed by atoms with van der Waals surface area (Å²) in [6, 6.07) is 5.96. The molecule has 140 valence electrons. The zero-order valence-electron chi connectivity index (χ0n) is 14.7. The Balaban J connectivity index is 0.00000312. The second-order valence-corrected chi connectivity index (χ2v) is 5.27. The van der Waals surface area contributed by atoms with Crippen molar-refractivity contribution in [2.24, 2.45) is 4.99 Å². The minimum atomic E-state index is -0.162. The van der Waals surface area contributed by atoms with Crippen LogP contribution >= 0.6 is 24.0 Å². The number of fused-ring (bicyclic) bond motifs is 1. The maximum absolute atomic E-state index is 11.3. The Bertz CT molecular complexity index is 581. The van der Waals surface area contributed by atoms with Gasteiger partial charge in [-0.3, -0.25) is 9.79 Å². The lowest BCUT2D eigenvalue weighted by molar-refractivity contribution is -0.143. The first kappa shape index (κ1) is 21.3. The van der Waals surface area contributed by atoms with Gasteiger partial charge in [0.05, 0.1) is 6.61 Å². The molecule has 2 N–H and O–H groups in total. The van der Waals surface area contributed by atoms with Crippen LogP contribution in [0.2, 0.25) is 0 Å². The Hall–Kier alpha value is -1.71. The van der Waals surface area contributed by atoms with Gasteiger partial charge in [0.15, 0.2) is 17.5 Å². The minimum absolute atomic E-state index is 0. The van der Waals surface area contributed by atoms with Crippen LogP contribution in [-0.2, 0) is 16.0 Å². The number of hydrogen-bond acceptors (Lipinski definition) is 5. The van der Waals surface area contributed by atoms with Crippen molar-refractivity contribution in [1.29, 1.82) is 0 Å². The van der Waals surface area contributed by atoms with Gasteiger partial charge in [-0.15, -0.1) is 24.0 Å². The van der Waals surface area contributed by atoms with Gasteiger partial charge >= 0.3 is 5.97 Å². The largest absolute Gasteiger partial charge is 0.466 e. The Morgan fingerprint density at radius 2 is 2.00 bits per heavy atom. The summed E-state index contributed by atoms with van der Waals surface area (Å²) < 4.78 is 15.6. The van der Waals surface area contributed by atoms with Gasteiger partial charge in [-0.2, -0.15) is 0 Å². The molecule has 2 rings (SSSR count). The molecule has 0 saturated carbocycles. The lowest BCUT2D eigenvalue weighted by atomic mass is 10.1. The predicted octanol–water partition coefficient (Wildman–Crippen LogP) is 2.08. The summed E-state index contributed by atoms with van der Waals surface area (Å²) in [6.07, 6.45) is 1.97. The monoisotopic (exact) mass is 463 g/mol. The van der Waals surface area contributed by atoms with E-state index in [1.165, 1.54) is 5.56 Å². The molecule has 0 aliphatic carbocycles. The molecular formula is C17H26IN3O4. The van der Waals surface area contributed by atoms with Gasteiger partial charge in [-0.25, -0.2) is 0 Å². The van der Waals surface area contributed by atoms with Gasteiger partial charge in [-0.05, 0) is 37.5 Å². The number of carbonyl (C=O) groups excluding carboxylic acids is 1. The Kier molecular flexibility index (Phi) is 10.0. The normalized spacial score (nSPS) is 12.3. The highest BCUT2D eigenvalue weighted by Gasteiger charge is 2.12. The highest BCUT2D eigenvalue weighted by atomic mass is 127. The summed E-state index contributed by atoms with van der Waals surface area (Å²) in [4.78, 5) is 15.4. The molecule has 0 unspecified atom stereocenters.